The fraction of sp³-hybridized carbons (Fsp3) is 0.105. The smallest absolute Gasteiger partial charge is 0.0472 e. The minimum absolute atomic E-state index is 1.16. The fourth-order valence-electron chi connectivity index (χ4n) is 6.85. The second kappa shape index (κ2) is 8.34. The summed E-state index contributed by atoms with van der Waals surface area (Å²) < 4.78 is 0. The van der Waals surface area contributed by atoms with Crippen LogP contribution in [0.1, 0.15) is 22.3 Å². The van der Waals surface area contributed by atoms with Crippen molar-refractivity contribution in [1.82, 2.24) is 0 Å². The van der Waals surface area contributed by atoms with Crippen LogP contribution in [0.15, 0.2) is 97.1 Å². The number of hydrogen-bond acceptors (Lipinski definition) is 2. The molecule has 2 nitrogen and oxygen atoms in total. The van der Waals surface area contributed by atoms with Gasteiger partial charge in [0.05, 0.1) is 0 Å². The van der Waals surface area contributed by atoms with Crippen molar-refractivity contribution in [2.45, 2.75) is 27.7 Å². The maximum absolute atomic E-state index is 3.78. The number of rotatable bonds is 2. The van der Waals surface area contributed by atoms with E-state index in [1.807, 2.05) is 0 Å². The van der Waals surface area contributed by atoms with Gasteiger partial charge in [0.25, 0.3) is 0 Å². The van der Waals surface area contributed by atoms with Crippen molar-refractivity contribution in [3.63, 3.8) is 0 Å². The van der Waals surface area contributed by atoms with E-state index in [9.17, 15) is 0 Å². The zero-order chi connectivity index (χ0) is 27.1. The van der Waals surface area contributed by atoms with Crippen LogP contribution in [-0.4, -0.2) is 0 Å². The SMILES string of the molecule is Cc1cc(C)cc(-c2ccc3c(c2)Nc2ccc4c5c(ccc-3c25)-c2ccc(-c3cc(C)cc(C)c3)cc2N4)c1. The van der Waals surface area contributed by atoms with Crippen LogP contribution in [0.2, 0.25) is 0 Å². The van der Waals surface area contributed by atoms with E-state index >= 15 is 0 Å². The summed E-state index contributed by atoms with van der Waals surface area (Å²) in [6.07, 6.45) is 0. The minimum Gasteiger partial charge on any atom is -0.354 e. The van der Waals surface area contributed by atoms with Crippen molar-refractivity contribution < 1.29 is 0 Å². The van der Waals surface area contributed by atoms with Gasteiger partial charge in [-0.15, -0.1) is 0 Å². The van der Waals surface area contributed by atoms with E-state index in [-0.39, 0.29) is 0 Å². The van der Waals surface area contributed by atoms with Crippen LogP contribution in [-0.2, 0) is 0 Å². The Morgan fingerprint density at radius 3 is 1.10 bits per heavy atom. The molecule has 0 bridgehead atoms. The van der Waals surface area contributed by atoms with E-state index in [0.29, 0.717) is 0 Å². The number of aryl methyl sites for hydroxylation is 4. The highest BCUT2D eigenvalue weighted by molar-refractivity contribution is 6.22. The molecule has 0 amide bonds. The van der Waals surface area contributed by atoms with Crippen LogP contribution in [0.5, 0.6) is 0 Å². The zero-order valence-corrected chi connectivity index (χ0v) is 23.2. The van der Waals surface area contributed by atoms with Gasteiger partial charge < -0.3 is 10.6 Å². The van der Waals surface area contributed by atoms with Gasteiger partial charge in [0.15, 0.2) is 0 Å². The summed E-state index contributed by atoms with van der Waals surface area (Å²) in [5.74, 6) is 0. The zero-order valence-electron chi connectivity index (χ0n) is 23.2. The summed E-state index contributed by atoms with van der Waals surface area (Å²) in [6.45, 7) is 8.67. The Bertz CT molecular complexity index is 1860. The van der Waals surface area contributed by atoms with E-state index < -0.39 is 0 Å². The second-order valence-corrected chi connectivity index (χ2v) is 11.6. The molecule has 2 aliphatic rings. The lowest BCUT2D eigenvalue weighted by Crippen LogP contribution is -2.06. The van der Waals surface area contributed by atoms with Gasteiger partial charge >= 0.3 is 0 Å². The molecule has 6 aromatic carbocycles. The third kappa shape index (κ3) is 3.49. The van der Waals surface area contributed by atoms with Crippen LogP contribution in [0.3, 0.4) is 0 Å². The Kier molecular flexibility index (Phi) is 4.82. The van der Waals surface area contributed by atoms with Crippen LogP contribution < -0.4 is 10.6 Å². The average Bonchev–Trinajstić information content (AvgIpc) is 2.93. The number of nitrogens with one attached hydrogen (secondary N) is 2. The first-order valence-corrected chi connectivity index (χ1v) is 14.0. The Hall–Kier alpha value is -4.82. The van der Waals surface area contributed by atoms with E-state index in [2.05, 4.69) is 135 Å². The summed E-state index contributed by atoms with van der Waals surface area (Å²) in [4.78, 5) is 0. The van der Waals surface area contributed by atoms with Crippen LogP contribution in [0.4, 0.5) is 22.7 Å². The topological polar surface area (TPSA) is 24.1 Å². The van der Waals surface area contributed by atoms with Crippen molar-refractivity contribution in [1.29, 1.82) is 0 Å². The van der Waals surface area contributed by atoms with Crippen molar-refractivity contribution in [2.75, 3.05) is 10.6 Å². The molecular formula is C38H30N2. The third-order valence-corrected chi connectivity index (χ3v) is 8.43. The molecule has 0 fully saturated rings. The predicted octanol–water partition coefficient (Wildman–Crippen LogP) is 10.9. The summed E-state index contributed by atoms with van der Waals surface area (Å²) in [5.41, 5.74) is 19.9. The lowest BCUT2D eigenvalue weighted by Gasteiger charge is -2.29. The molecule has 0 atom stereocenters. The highest BCUT2D eigenvalue weighted by Crippen LogP contribution is 2.53. The molecule has 0 aliphatic carbocycles. The summed E-state index contributed by atoms with van der Waals surface area (Å²) >= 11 is 0. The summed E-state index contributed by atoms with van der Waals surface area (Å²) in [7, 11) is 0. The van der Waals surface area contributed by atoms with Gasteiger partial charge in [-0.05, 0) is 85.3 Å². The molecule has 0 saturated heterocycles. The molecule has 2 aliphatic heterocycles. The molecule has 0 spiro atoms. The molecule has 0 aromatic heterocycles. The van der Waals surface area contributed by atoms with Crippen LogP contribution >= 0.6 is 0 Å². The van der Waals surface area contributed by atoms with Gasteiger partial charge in [0.1, 0.15) is 0 Å². The first-order chi connectivity index (χ1) is 19.4. The van der Waals surface area contributed by atoms with Crippen LogP contribution in [0.25, 0.3) is 55.3 Å². The molecular weight excluding hydrogens is 484 g/mol. The van der Waals surface area contributed by atoms with Gasteiger partial charge in [-0.1, -0.05) is 95.1 Å². The molecule has 6 aromatic rings. The monoisotopic (exact) mass is 514 g/mol. The lowest BCUT2D eigenvalue weighted by atomic mass is 9.84. The normalized spacial score (nSPS) is 12.4. The van der Waals surface area contributed by atoms with Gasteiger partial charge in [0, 0.05) is 44.6 Å². The van der Waals surface area contributed by atoms with Gasteiger partial charge in [-0.3, -0.25) is 0 Å². The van der Waals surface area contributed by atoms with Crippen molar-refractivity contribution in [3.05, 3.63) is 119 Å². The molecule has 192 valence electrons. The Morgan fingerprint density at radius 2 is 0.700 bits per heavy atom. The van der Waals surface area contributed by atoms with Gasteiger partial charge in [-0.25, -0.2) is 0 Å². The van der Waals surface area contributed by atoms with Crippen molar-refractivity contribution >= 4 is 33.5 Å². The molecule has 0 saturated carbocycles. The molecule has 0 unspecified atom stereocenters. The van der Waals surface area contributed by atoms with E-state index in [1.54, 1.807) is 0 Å². The summed E-state index contributed by atoms with van der Waals surface area (Å²) in [5, 5.41) is 10.1. The first-order valence-electron chi connectivity index (χ1n) is 14.0. The molecule has 2 heterocycles. The van der Waals surface area contributed by atoms with E-state index in [1.165, 1.54) is 77.5 Å². The quantitative estimate of drug-likeness (QED) is 0.240. The first kappa shape index (κ1) is 23.1. The van der Waals surface area contributed by atoms with Crippen LogP contribution in [0, 0.1) is 27.7 Å². The molecule has 2 heteroatoms. The largest absolute Gasteiger partial charge is 0.354 e. The van der Waals surface area contributed by atoms with Gasteiger partial charge in [-0.2, -0.15) is 0 Å². The molecule has 40 heavy (non-hydrogen) atoms. The Morgan fingerprint density at radius 1 is 0.325 bits per heavy atom. The standard InChI is InChI=1S/C38H30N2/c1-21-13-22(2)16-27(15-21)25-5-7-29-31-9-10-32-30-8-6-26(28-17-23(3)14-24(4)18-28)20-36(30)40-34-12-11-33(37(31)38(32)34)39-35(29)19-25/h5-20,39-40H,1-4H3. The van der Waals surface area contributed by atoms with Gasteiger partial charge in [0.2, 0.25) is 0 Å². The molecule has 0 radical (unpaired) electrons. The Balaban J connectivity index is 1.26. The van der Waals surface area contributed by atoms with Crippen molar-refractivity contribution in [2.24, 2.45) is 0 Å². The van der Waals surface area contributed by atoms with E-state index in [4.69, 9.17) is 0 Å². The highest BCUT2D eigenvalue weighted by Gasteiger charge is 2.26. The molecule has 8 rings (SSSR count). The summed E-state index contributed by atoms with van der Waals surface area (Å²) in [6, 6.07) is 36.3. The number of fused-ring (bicyclic) bond motifs is 4. The fourth-order valence-corrected chi connectivity index (χ4v) is 6.85. The highest BCUT2D eigenvalue weighted by atomic mass is 14.9. The Labute approximate surface area is 235 Å². The maximum Gasteiger partial charge on any atom is 0.0472 e. The third-order valence-electron chi connectivity index (χ3n) is 8.43. The second-order valence-electron chi connectivity index (χ2n) is 11.6. The average molecular weight is 515 g/mol. The number of hydrogen-bond donors (Lipinski definition) is 2. The lowest BCUT2D eigenvalue weighted by molar-refractivity contribution is 1.38. The number of benzene rings is 6. The maximum atomic E-state index is 3.78. The minimum atomic E-state index is 1.16. The van der Waals surface area contributed by atoms with Crippen molar-refractivity contribution in [3.8, 4) is 44.5 Å². The predicted molar refractivity (Wildman–Crippen MR) is 171 cm³/mol. The molecule has 2 N–H and O–H groups in total. The number of anilines is 4. The van der Waals surface area contributed by atoms with E-state index in [0.717, 1.165) is 22.7 Å².